The fraction of sp³-hybridized carbons (Fsp3) is 0.333. The predicted molar refractivity (Wildman–Crippen MR) is 141 cm³/mol. The average Bonchev–Trinajstić information content (AvgIpc) is 3.23. The summed E-state index contributed by atoms with van der Waals surface area (Å²) in [6.45, 7) is 4.22. The normalized spacial score (nSPS) is 14.6. The number of pyridine rings is 1. The molecule has 3 aromatic rings. The van der Waals surface area contributed by atoms with Crippen molar-refractivity contribution >= 4 is 50.5 Å². The van der Waals surface area contributed by atoms with Crippen molar-refractivity contribution < 1.29 is 22.7 Å². The lowest BCUT2D eigenvalue weighted by Gasteiger charge is -2.25. The number of ether oxygens (including phenoxy) is 1. The number of nitrogens with zero attached hydrogens (tertiary/aromatic N) is 3. The Morgan fingerprint density at radius 2 is 1.95 bits per heavy atom. The highest BCUT2D eigenvalue weighted by Gasteiger charge is 2.36. The molecular weight excluding hydrogens is 541 g/mol. The summed E-state index contributed by atoms with van der Waals surface area (Å²) >= 11 is 12.5. The van der Waals surface area contributed by atoms with Gasteiger partial charge in [-0.2, -0.15) is 0 Å². The molecule has 4 rings (SSSR count). The van der Waals surface area contributed by atoms with Crippen LogP contribution >= 0.6 is 23.2 Å². The van der Waals surface area contributed by atoms with Crippen LogP contribution in [-0.4, -0.2) is 59.2 Å². The Kier molecular flexibility index (Phi) is 8.05. The molecule has 13 heteroatoms. The largest absolute Gasteiger partial charge is 0.471 e. The number of unbranched alkanes of at least 4 members (excludes halogenated alkanes) is 1. The maximum absolute atomic E-state index is 13.5. The molecule has 2 N–H and O–H groups in total. The second-order valence-corrected chi connectivity index (χ2v) is 11.6. The van der Waals surface area contributed by atoms with E-state index in [0.29, 0.717) is 17.1 Å². The van der Waals surface area contributed by atoms with Crippen LogP contribution in [-0.2, 0) is 9.84 Å². The lowest BCUT2D eigenvalue weighted by atomic mass is 10.1. The van der Waals surface area contributed by atoms with E-state index in [4.69, 9.17) is 27.9 Å². The fourth-order valence-electron chi connectivity index (χ4n) is 3.77. The Labute approximate surface area is 224 Å². The van der Waals surface area contributed by atoms with Crippen molar-refractivity contribution in [1.29, 1.82) is 0 Å². The summed E-state index contributed by atoms with van der Waals surface area (Å²) in [6.07, 6.45) is 2.64. The van der Waals surface area contributed by atoms with Gasteiger partial charge in [-0.25, -0.2) is 18.1 Å². The molecule has 2 amide bonds. The summed E-state index contributed by atoms with van der Waals surface area (Å²) < 4.78 is 29.9. The zero-order valence-corrected chi connectivity index (χ0v) is 22.5. The first-order valence-corrected chi connectivity index (χ1v) is 14.1. The third kappa shape index (κ3) is 6.23. The number of nitrogens with one attached hydrogen (secondary N) is 2. The van der Waals surface area contributed by atoms with Gasteiger partial charge in [0.05, 0.1) is 27.8 Å². The molecule has 196 valence electrons. The van der Waals surface area contributed by atoms with E-state index in [0.717, 1.165) is 12.8 Å². The van der Waals surface area contributed by atoms with Gasteiger partial charge in [0.25, 0.3) is 11.8 Å². The molecule has 2 aromatic heterocycles. The van der Waals surface area contributed by atoms with E-state index < -0.39 is 21.8 Å². The van der Waals surface area contributed by atoms with Crippen molar-refractivity contribution in [3.8, 4) is 11.7 Å². The zero-order valence-electron chi connectivity index (χ0n) is 20.1. The van der Waals surface area contributed by atoms with E-state index >= 15 is 0 Å². The van der Waals surface area contributed by atoms with E-state index in [-0.39, 0.29) is 51.1 Å². The average molecular weight is 566 g/mol. The smallest absolute Gasteiger partial charge is 0.274 e. The molecule has 0 bridgehead atoms. The van der Waals surface area contributed by atoms with Crippen molar-refractivity contribution in [2.45, 2.75) is 32.8 Å². The summed E-state index contributed by atoms with van der Waals surface area (Å²) in [4.78, 5) is 30.6. The molecule has 37 heavy (non-hydrogen) atoms. The quantitative estimate of drug-likeness (QED) is 0.376. The van der Waals surface area contributed by atoms with Gasteiger partial charge in [-0.15, -0.1) is 5.10 Å². The van der Waals surface area contributed by atoms with Gasteiger partial charge in [-0.3, -0.25) is 9.59 Å². The first kappa shape index (κ1) is 26.9. The first-order valence-electron chi connectivity index (χ1n) is 11.6. The molecule has 1 aliphatic heterocycles. The molecule has 0 radical (unpaired) electrons. The number of halogens is 2. The second-order valence-electron chi connectivity index (χ2n) is 8.61. The Morgan fingerprint density at radius 3 is 2.62 bits per heavy atom. The number of hydrogen-bond acceptors (Lipinski definition) is 7. The topological polar surface area (TPSA) is 132 Å². The minimum Gasteiger partial charge on any atom is -0.471 e. The van der Waals surface area contributed by atoms with Crippen LogP contribution in [0, 0.1) is 6.92 Å². The number of carbonyl (C=O) groups excluding carboxylic acids is 2. The summed E-state index contributed by atoms with van der Waals surface area (Å²) in [5.74, 6) is -1.03. The standard InChI is InChI=1S/C24H25Cl2N5O5S/c1-3-4-7-28-23(32)17-10-15(25)9-14(2)21(17)29-24(33)19-11-20(36-16-12-37(34,35)13-16)30-31(19)22-18(26)6-5-8-27-22/h5-6,8-11,16H,3-4,7,12-13H2,1-2H3,(H,28,32)(H,29,33). The molecule has 10 nitrogen and oxygen atoms in total. The molecule has 1 fully saturated rings. The van der Waals surface area contributed by atoms with Gasteiger partial charge in [0.15, 0.2) is 15.7 Å². The molecule has 0 unspecified atom stereocenters. The zero-order chi connectivity index (χ0) is 26.7. The van der Waals surface area contributed by atoms with Crippen molar-refractivity contribution in [1.82, 2.24) is 20.1 Å². The minimum atomic E-state index is -3.12. The third-order valence-corrected chi connectivity index (χ3v) is 7.90. The Morgan fingerprint density at radius 1 is 1.19 bits per heavy atom. The van der Waals surface area contributed by atoms with Gasteiger partial charge in [-0.1, -0.05) is 36.5 Å². The van der Waals surface area contributed by atoms with Crippen molar-refractivity contribution in [2.24, 2.45) is 0 Å². The highest BCUT2D eigenvalue weighted by Crippen LogP contribution is 2.29. The van der Waals surface area contributed by atoms with Crippen LogP contribution in [0.4, 0.5) is 5.69 Å². The lowest BCUT2D eigenvalue weighted by molar-refractivity contribution is 0.0954. The second kappa shape index (κ2) is 11.1. The summed E-state index contributed by atoms with van der Waals surface area (Å²) in [5, 5.41) is 10.5. The van der Waals surface area contributed by atoms with Gasteiger partial charge in [0.2, 0.25) is 5.88 Å². The monoisotopic (exact) mass is 565 g/mol. The SMILES string of the molecule is CCCCNC(=O)c1cc(Cl)cc(C)c1NC(=O)c1cc(OC2CS(=O)(=O)C2)nn1-c1ncccc1Cl. The number of benzene rings is 1. The number of anilines is 1. The van der Waals surface area contributed by atoms with Gasteiger partial charge >= 0.3 is 0 Å². The molecule has 0 aliphatic carbocycles. The molecule has 0 spiro atoms. The number of rotatable bonds is 9. The Hall–Kier alpha value is -3.15. The summed E-state index contributed by atoms with van der Waals surface area (Å²) in [6, 6.07) is 7.72. The summed E-state index contributed by atoms with van der Waals surface area (Å²) in [5.41, 5.74) is 1.10. The number of aromatic nitrogens is 3. The molecule has 1 aromatic carbocycles. The number of aryl methyl sites for hydroxylation is 1. The van der Waals surface area contributed by atoms with Crippen LogP contribution < -0.4 is 15.4 Å². The van der Waals surface area contributed by atoms with Gasteiger partial charge < -0.3 is 15.4 Å². The van der Waals surface area contributed by atoms with Crippen LogP contribution in [0.25, 0.3) is 5.82 Å². The van der Waals surface area contributed by atoms with Crippen LogP contribution in [0.2, 0.25) is 10.0 Å². The predicted octanol–water partition coefficient (Wildman–Crippen LogP) is 3.84. The van der Waals surface area contributed by atoms with Crippen LogP contribution in [0.15, 0.2) is 36.5 Å². The van der Waals surface area contributed by atoms with Gasteiger partial charge in [-0.05, 0) is 43.2 Å². The maximum atomic E-state index is 13.5. The molecular formula is C24H25Cl2N5O5S. The van der Waals surface area contributed by atoms with E-state index in [1.165, 1.54) is 23.0 Å². The van der Waals surface area contributed by atoms with E-state index in [1.54, 1.807) is 25.1 Å². The van der Waals surface area contributed by atoms with E-state index in [9.17, 15) is 18.0 Å². The van der Waals surface area contributed by atoms with Crippen LogP contribution in [0.3, 0.4) is 0 Å². The number of sulfone groups is 1. The van der Waals surface area contributed by atoms with E-state index in [2.05, 4.69) is 20.7 Å². The third-order valence-electron chi connectivity index (χ3n) is 5.63. The first-order chi connectivity index (χ1) is 17.6. The van der Waals surface area contributed by atoms with Crippen molar-refractivity contribution in [3.05, 3.63) is 63.4 Å². The fourth-order valence-corrected chi connectivity index (χ4v) is 5.42. The van der Waals surface area contributed by atoms with Crippen molar-refractivity contribution in [3.63, 3.8) is 0 Å². The Balaban J connectivity index is 1.68. The maximum Gasteiger partial charge on any atom is 0.274 e. The van der Waals surface area contributed by atoms with Gasteiger partial charge in [0.1, 0.15) is 11.8 Å². The van der Waals surface area contributed by atoms with Crippen molar-refractivity contribution in [2.75, 3.05) is 23.4 Å². The molecule has 1 aliphatic rings. The minimum absolute atomic E-state index is 0.0180. The number of amides is 2. The molecule has 0 saturated carbocycles. The van der Waals surface area contributed by atoms with Gasteiger partial charge in [0, 0.05) is 23.8 Å². The Bertz CT molecular complexity index is 1450. The number of hydrogen-bond donors (Lipinski definition) is 2. The molecule has 1 saturated heterocycles. The molecule has 0 atom stereocenters. The summed E-state index contributed by atoms with van der Waals surface area (Å²) in [7, 11) is -3.12. The number of carbonyl (C=O) groups is 2. The highest BCUT2D eigenvalue weighted by atomic mass is 35.5. The lowest BCUT2D eigenvalue weighted by Crippen LogP contribution is -2.45. The van der Waals surface area contributed by atoms with Crippen LogP contribution in [0.5, 0.6) is 5.88 Å². The highest BCUT2D eigenvalue weighted by molar-refractivity contribution is 7.92. The van der Waals surface area contributed by atoms with Crippen LogP contribution in [0.1, 0.15) is 46.2 Å². The molecule has 3 heterocycles. The van der Waals surface area contributed by atoms with E-state index in [1.807, 2.05) is 6.92 Å².